The summed E-state index contributed by atoms with van der Waals surface area (Å²) in [6, 6.07) is -0.714. The van der Waals surface area contributed by atoms with Gasteiger partial charge in [-0.25, -0.2) is 0 Å². The maximum atomic E-state index is 12.4. The predicted molar refractivity (Wildman–Crippen MR) is 153 cm³/mol. The van der Waals surface area contributed by atoms with Crippen LogP contribution in [0.2, 0.25) is 0 Å². The van der Waals surface area contributed by atoms with Crippen LogP contribution in [0.3, 0.4) is 0 Å². The SMILES string of the molecule is CCCCCCCCCCCCCCCCC(=O)OC(COCCC(C(=O)[O-])[N+](C)(C)C)COC(=O)CCC. The second kappa shape index (κ2) is 24.2. The third kappa shape index (κ3) is 22.8. The third-order valence-electron chi connectivity index (χ3n) is 6.96. The van der Waals surface area contributed by atoms with E-state index in [-0.39, 0.29) is 42.7 Å². The molecule has 2 unspecified atom stereocenters. The summed E-state index contributed by atoms with van der Waals surface area (Å²) in [6.45, 7) is 4.29. The Morgan fingerprint density at radius 1 is 0.667 bits per heavy atom. The largest absolute Gasteiger partial charge is 0.544 e. The third-order valence-corrected chi connectivity index (χ3v) is 6.96. The number of carboxylic acid groups (broad SMARTS) is 1. The second-order valence-electron chi connectivity index (χ2n) is 11.7. The molecule has 8 nitrogen and oxygen atoms in total. The molecule has 8 heteroatoms. The number of carboxylic acids is 1. The molecule has 0 bridgehead atoms. The molecule has 0 rings (SSSR count). The fourth-order valence-electron chi connectivity index (χ4n) is 4.52. The molecular formula is C31H59NO7. The summed E-state index contributed by atoms with van der Waals surface area (Å²) in [5.41, 5.74) is 0. The van der Waals surface area contributed by atoms with Gasteiger partial charge in [0, 0.05) is 19.3 Å². The highest BCUT2D eigenvalue weighted by Crippen LogP contribution is 2.14. The van der Waals surface area contributed by atoms with Crippen LogP contribution in [-0.4, -0.2) is 75.5 Å². The van der Waals surface area contributed by atoms with Crippen molar-refractivity contribution >= 4 is 17.9 Å². The number of nitrogens with zero attached hydrogens (tertiary/aromatic N) is 1. The van der Waals surface area contributed by atoms with Crippen molar-refractivity contribution in [2.45, 2.75) is 142 Å². The number of carbonyl (C=O) groups excluding carboxylic acids is 3. The fourth-order valence-corrected chi connectivity index (χ4v) is 4.52. The van der Waals surface area contributed by atoms with Gasteiger partial charge in [-0.05, 0) is 12.8 Å². The van der Waals surface area contributed by atoms with Crippen molar-refractivity contribution in [3.8, 4) is 0 Å². The van der Waals surface area contributed by atoms with E-state index < -0.39 is 18.1 Å². The fraction of sp³-hybridized carbons (Fsp3) is 0.903. The van der Waals surface area contributed by atoms with E-state index in [1.165, 1.54) is 70.6 Å². The van der Waals surface area contributed by atoms with Crippen LogP contribution < -0.4 is 5.11 Å². The number of carbonyl (C=O) groups is 3. The zero-order valence-electron chi connectivity index (χ0n) is 25.8. The molecule has 0 amide bonds. The molecule has 0 aromatic heterocycles. The van der Waals surface area contributed by atoms with E-state index in [2.05, 4.69) is 6.92 Å². The van der Waals surface area contributed by atoms with Crippen molar-refractivity contribution in [1.29, 1.82) is 0 Å². The average Bonchev–Trinajstić information content (AvgIpc) is 2.86. The Bertz CT molecular complexity index is 633. The molecule has 0 aliphatic heterocycles. The van der Waals surface area contributed by atoms with Gasteiger partial charge in [0.05, 0.1) is 40.3 Å². The summed E-state index contributed by atoms with van der Waals surface area (Å²) in [4.78, 5) is 35.6. The molecule has 0 aromatic carbocycles. The Kier molecular flexibility index (Phi) is 23.1. The van der Waals surface area contributed by atoms with Gasteiger partial charge in [0.15, 0.2) is 6.10 Å². The molecule has 0 aromatic rings. The molecule has 0 spiro atoms. The quantitative estimate of drug-likeness (QED) is 0.0763. The van der Waals surface area contributed by atoms with E-state index in [4.69, 9.17) is 14.2 Å². The Hall–Kier alpha value is -1.67. The van der Waals surface area contributed by atoms with Crippen molar-refractivity contribution in [3.05, 3.63) is 0 Å². The lowest BCUT2D eigenvalue weighted by atomic mass is 10.0. The molecule has 230 valence electrons. The highest BCUT2D eigenvalue weighted by molar-refractivity contribution is 5.70. The van der Waals surface area contributed by atoms with Crippen LogP contribution >= 0.6 is 0 Å². The number of ether oxygens (including phenoxy) is 3. The summed E-state index contributed by atoms with van der Waals surface area (Å²) < 4.78 is 16.6. The van der Waals surface area contributed by atoms with Gasteiger partial charge >= 0.3 is 11.9 Å². The van der Waals surface area contributed by atoms with Crippen LogP contribution in [0.25, 0.3) is 0 Å². The lowest BCUT2D eigenvalue weighted by Gasteiger charge is -2.34. The summed E-state index contributed by atoms with van der Waals surface area (Å²) in [5, 5.41) is 11.4. The Morgan fingerprint density at radius 2 is 1.18 bits per heavy atom. The molecule has 0 saturated carbocycles. The zero-order chi connectivity index (χ0) is 29.4. The molecule has 0 fully saturated rings. The van der Waals surface area contributed by atoms with Gasteiger partial charge in [-0.1, -0.05) is 97.3 Å². The van der Waals surface area contributed by atoms with Crippen molar-refractivity contribution < 1.29 is 38.2 Å². The summed E-state index contributed by atoms with van der Waals surface area (Å²) in [6.07, 6.45) is 18.4. The standard InChI is InChI=1S/C31H59NO7/c1-6-8-9-10-11-12-13-14-15-16-17-18-19-20-22-30(34)39-27(26-38-29(33)21-7-2)25-37-24-23-28(31(35)36)32(3,4)5/h27-28H,6-26H2,1-5H3. The number of hydrogen-bond donors (Lipinski definition) is 0. The molecule has 0 radical (unpaired) electrons. The van der Waals surface area contributed by atoms with Crippen molar-refractivity contribution in [2.75, 3.05) is 41.0 Å². The number of hydrogen-bond acceptors (Lipinski definition) is 7. The predicted octanol–water partition coefficient (Wildman–Crippen LogP) is 5.34. The van der Waals surface area contributed by atoms with Crippen molar-refractivity contribution in [3.63, 3.8) is 0 Å². The van der Waals surface area contributed by atoms with Crippen LogP contribution in [0.1, 0.15) is 129 Å². The molecule has 0 aliphatic rings. The van der Waals surface area contributed by atoms with E-state index in [9.17, 15) is 19.5 Å². The van der Waals surface area contributed by atoms with E-state index in [0.29, 0.717) is 19.3 Å². The summed E-state index contributed by atoms with van der Waals surface area (Å²) >= 11 is 0. The Labute approximate surface area is 238 Å². The number of aliphatic carboxylic acids is 1. The van der Waals surface area contributed by atoms with Gasteiger partial charge in [0.2, 0.25) is 0 Å². The van der Waals surface area contributed by atoms with Crippen molar-refractivity contribution in [1.82, 2.24) is 0 Å². The number of quaternary nitrogens is 1. The van der Waals surface area contributed by atoms with Crippen LogP contribution in [0.4, 0.5) is 0 Å². The van der Waals surface area contributed by atoms with Gasteiger partial charge in [0.1, 0.15) is 12.6 Å². The normalized spacial score (nSPS) is 13.2. The molecule has 0 saturated heterocycles. The van der Waals surface area contributed by atoms with Crippen LogP contribution in [0.15, 0.2) is 0 Å². The highest BCUT2D eigenvalue weighted by Gasteiger charge is 2.25. The van der Waals surface area contributed by atoms with Crippen LogP contribution in [0, 0.1) is 0 Å². The number of unbranched alkanes of at least 4 members (excludes halogenated alkanes) is 13. The number of rotatable bonds is 27. The zero-order valence-corrected chi connectivity index (χ0v) is 25.8. The van der Waals surface area contributed by atoms with Crippen LogP contribution in [-0.2, 0) is 28.6 Å². The lowest BCUT2D eigenvalue weighted by molar-refractivity contribution is -0.889. The maximum absolute atomic E-state index is 12.4. The molecule has 2 atom stereocenters. The number of esters is 2. The van der Waals surface area contributed by atoms with E-state index in [1.54, 1.807) is 21.1 Å². The van der Waals surface area contributed by atoms with Gasteiger partial charge < -0.3 is 28.6 Å². The van der Waals surface area contributed by atoms with E-state index in [0.717, 1.165) is 19.3 Å². The van der Waals surface area contributed by atoms with Crippen LogP contribution in [0.5, 0.6) is 0 Å². The topological polar surface area (TPSA) is 102 Å². The smallest absolute Gasteiger partial charge is 0.306 e. The minimum absolute atomic E-state index is 0.0425. The molecule has 0 heterocycles. The minimum atomic E-state index is -1.13. The van der Waals surface area contributed by atoms with Gasteiger partial charge in [-0.2, -0.15) is 0 Å². The van der Waals surface area contributed by atoms with Gasteiger partial charge in [0.25, 0.3) is 0 Å². The Balaban J connectivity index is 4.16. The first-order chi connectivity index (χ1) is 18.6. The lowest BCUT2D eigenvalue weighted by Crippen LogP contribution is -2.55. The second-order valence-corrected chi connectivity index (χ2v) is 11.7. The molecule has 0 aliphatic carbocycles. The average molecular weight is 558 g/mol. The van der Waals surface area contributed by atoms with E-state index >= 15 is 0 Å². The summed E-state index contributed by atoms with van der Waals surface area (Å²) in [7, 11) is 5.36. The first-order valence-corrected chi connectivity index (χ1v) is 15.6. The molecule has 39 heavy (non-hydrogen) atoms. The first kappa shape index (κ1) is 37.3. The Morgan fingerprint density at radius 3 is 1.64 bits per heavy atom. The monoisotopic (exact) mass is 557 g/mol. The maximum Gasteiger partial charge on any atom is 0.306 e. The van der Waals surface area contributed by atoms with Gasteiger partial charge in [-0.15, -0.1) is 0 Å². The first-order valence-electron chi connectivity index (χ1n) is 15.6. The minimum Gasteiger partial charge on any atom is -0.544 e. The van der Waals surface area contributed by atoms with Gasteiger partial charge in [-0.3, -0.25) is 9.59 Å². The highest BCUT2D eigenvalue weighted by atomic mass is 16.6. The molecule has 0 N–H and O–H groups in total. The molecular weight excluding hydrogens is 498 g/mol. The number of likely N-dealkylation sites (N-methyl/N-ethyl adjacent to an activating group) is 1. The summed E-state index contributed by atoms with van der Waals surface area (Å²) in [5.74, 6) is -1.80. The van der Waals surface area contributed by atoms with Crippen molar-refractivity contribution in [2.24, 2.45) is 0 Å². The van der Waals surface area contributed by atoms with E-state index in [1.807, 2.05) is 6.92 Å².